The van der Waals surface area contributed by atoms with Gasteiger partial charge >= 0.3 is 0 Å². The van der Waals surface area contributed by atoms with Crippen LogP contribution in [-0.4, -0.2) is 24.2 Å². The summed E-state index contributed by atoms with van der Waals surface area (Å²) in [5.41, 5.74) is 2.17. The van der Waals surface area contributed by atoms with E-state index in [4.69, 9.17) is 9.47 Å². The van der Waals surface area contributed by atoms with Crippen LogP contribution < -0.4 is 14.8 Å². The number of nitrogens with zero attached hydrogens (tertiary/aromatic N) is 1. The van der Waals surface area contributed by atoms with Crippen LogP contribution in [0.4, 0.5) is 0 Å². The third kappa shape index (κ3) is 3.96. The number of hydrogen-bond acceptors (Lipinski definition) is 5. The Kier molecular flexibility index (Phi) is 5.02. The number of nitrogens with one attached hydrogen (secondary N) is 1. The van der Waals surface area contributed by atoms with Crippen LogP contribution in [0.15, 0.2) is 42.5 Å². The smallest absolute Gasteiger partial charge is 0.231 e. The van der Waals surface area contributed by atoms with Crippen molar-refractivity contribution in [3.63, 3.8) is 0 Å². The largest absolute Gasteiger partial charge is 0.454 e. The van der Waals surface area contributed by atoms with Gasteiger partial charge in [-0.05, 0) is 49.1 Å². The molecule has 0 radical (unpaired) electrons. The molecule has 134 valence electrons. The Hall–Kier alpha value is -2.60. The van der Waals surface area contributed by atoms with Crippen molar-refractivity contribution >= 4 is 27.5 Å². The molecule has 6 heteroatoms. The van der Waals surface area contributed by atoms with Gasteiger partial charge in [-0.3, -0.25) is 4.79 Å². The zero-order valence-corrected chi connectivity index (χ0v) is 15.2. The predicted octanol–water partition coefficient (Wildman–Crippen LogP) is 3.71. The summed E-state index contributed by atoms with van der Waals surface area (Å²) < 4.78 is 11.9. The van der Waals surface area contributed by atoms with Crippen molar-refractivity contribution in [2.75, 3.05) is 13.3 Å². The van der Waals surface area contributed by atoms with Gasteiger partial charge in [0.05, 0.1) is 15.2 Å². The van der Waals surface area contributed by atoms with Crippen molar-refractivity contribution in [2.45, 2.75) is 25.7 Å². The second-order valence-corrected chi connectivity index (χ2v) is 7.33. The van der Waals surface area contributed by atoms with Gasteiger partial charge in [-0.2, -0.15) is 0 Å². The summed E-state index contributed by atoms with van der Waals surface area (Å²) in [6.07, 6.45) is 2.96. The Morgan fingerprint density at radius 1 is 1.12 bits per heavy atom. The maximum absolute atomic E-state index is 12.0. The molecule has 4 rings (SSSR count). The van der Waals surface area contributed by atoms with Gasteiger partial charge in [0.2, 0.25) is 12.7 Å². The topological polar surface area (TPSA) is 60.5 Å². The molecule has 1 N–H and O–H groups in total. The minimum atomic E-state index is 0.0897. The summed E-state index contributed by atoms with van der Waals surface area (Å²) >= 11 is 1.71. The number of rotatable bonds is 7. The fourth-order valence-corrected chi connectivity index (χ4v) is 3.97. The van der Waals surface area contributed by atoms with Gasteiger partial charge < -0.3 is 14.8 Å². The molecular weight excluding hydrogens is 348 g/mol. The minimum absolute atomic E-state index is 0.0897. The highest BCUT2D eigenvalue weighted by molar-refractivity contribution is 7.18. The first-order valence-corrected chi connectivity index (χ1v) is 9.59. The lowest BCUT2D eigenvalue weighted by Gasteiger charge is -2.06. The molecule has 0 spiro atoms. The Bertz CT molecular complexity index is 889. The first kappa shape index (κ1) is 16.8. The number of benzene rings is 2. The van der Waals surface area contributed by atoms with Crippen LogP contribution in [-0.2, 0) is 17.6 Å². The predicted molar refractivity (Wildman–Crippen MR) is 102 cm³/mol. The molecule has 1 aliphatic heterocycles. The minimum Gasteiger partial charge on any atom is -0.454 e. The number of aryl methyl sites for hydroxylation is 1. The number of para-hydroxylation sites is 1. The Morgan fingerprint density at radius 3 is 2.92 bits per heavy atom. The monoisotopic (exact) mass is 368 g/mol. The Labute approximate surface area is 156 Å². The molecule has 1 aliphatic rings. The number of hydrogen-bond donors (Lipinski definition) is 1. The SMILES string of the molecule is O=C(CCCc1nc2ccccc2s1)NCCc1ccc2c(c1)OCO2. The molecule has 1 aromatic heterocycles. The highest BCUT2D eigenvalue weighted by Gasteiger charge is 2.13. The molecule has 2 heterocycles. The summed E-state index contributed by atoms with van der Waals surface area (Å²) in [6, 6.07) is 14.0. The fraction of sp³-hybridized carbons (Fsp3) is 0.300. The molecule has 3 aromatic rings. The van der Waals surface area contributed by atoms with Crippen molar-refractivity contribution in [3.05, 3.63) is 53.0 Å². The van der Waals surface area contributed by atoms with Crippen molar-refractivity contribution in [2.24, 2.45) is 0 Å². The zero-order chi connectivity index (χ0) is 17.8. The van der Waals surface area contributed by atoms with Crippen molar-refractivity contribution in [1.29, 1.82) is 0 Å². The molecular formula is C20H20N2O3S. The van der Waals surface area contributed by atoms with Gasteiger partial charge in [0.15, 0.2) is 11.5 Å². The van der Waals surface area contributed by atoms with Crippen LogP contribution in [0.1, 0.15) is 23.4 Å². The van der Waals surface area contributed by atoms with E-state index in [1.165, 1.54) is 4.70 Å². The van der Waals surface area contributed by atoms with E-state index in [1.54, 1.807) is 11.3 Å². The van der Waals surface area contributed by atoms with Gasteiger partial charge in [0.1, 0.15) is 0 Å². The van der Waals surface area contributed by atoms with Gasteiger partial charge in [-0.25, -0.2) is 4.98 Å². The molecule has 0 atom stereocenters. The number of thiazole rings is 1. The fourth-order valence-electron chi connectivity index (χ4n) is 2.96. The standard InChI is InChI=1S/C20H20N2O3S/c23-19(6-3-7-20-22-15-4-1-2-5-18(15)26-20)21-11-10-14-8-9-16-17(12-14)25-13-24-16/h1-2,4-5,8-9,12H,3,6-7,10-11,13H2,(H,21,23). The first-order valence-electron chi connectivity index (χ1n) is 8.77. The summed E-state index contributed by atoms with van der Waals surface area (Å²) in [5, 5.41) is 4.08. The molecule has 1 amide bonds. The third-order valence-corrected chi connectivity index (χ3v) is 5.40. The molecule has 0 saturated carbocycles. The third-order valence-electron chi connectivity index (χ3n) is 4.31. The normalized spacial score (nSPS) is 12.5. The second kappa shape index (κ2) is 7.74. The lowest BCUT2D eigenvalue weighted by Crippen LogP contribution is -2.25. The number of amides is 1. The summed E-state index contributed by atoms with van der Waals surface area (Å²) in [7, 11) is 0. The lowest BCUT2D eigenvalue weighted by molar-refractivity contribution is -0.121. The summed E-state index contributed by atoms with van der Waals surface area (Å²) in [4.78, 5) is 16.6. The summed E-state index contributed by atoms with van der Waals surface area (Å²) in [5.74, 6) is 1.66. The van der Waals surface area contributed by atoms with E-state index in [-0.39, 0.29) is 12.7 Å². The van der Waals surface area contributed by atoms with Crippen LogP contribution >= 0.6 is 11.3 Å². The Morgan fingerprint density at radius 2 is 2.00 bits per heavy atom. The van der Waals surface area contributed by atoms with E-state index in [2.05, 4.69) is 16.4 Å². The molecule has 0 unspecified atom stereocenters. The van der Waals surface area contributed by atoms with Crippen molar-refractivity contribution in [1.82, 2.24) is 10.3 Å². The van der Waals surface area contributed by atoms with Gasteiger partial charge in [0.25, 0.3) is 0 Å². The second-order valence-electron chi connectivity index (χ2n) is 6.22. The van der Waals surface area contributed by atoms with Crippen molar-refractivity contribution < 1.29 is 14.3 Å². The molecule has 0 saturated heterocycles. The maximum Gasteiger partial charge on any atom is 0.231 e. The van der Waals surface area contributed by atoms with Gasteiger partial charge in [-0.15, -0.1) is 11.3 Å². The van der Waals surface area contributed by atoms with E-state index in [9.17, 15) is 4.79 Å². The molecule has 0 bridgehead atoms. The number of aromatic nitrogens is 1. The average molecular weight is 368 g/mol. The highest BCUT2D eigenvalue weighted by atomic mass is 32.1. The lowest BCUT2D eigenvalue weighted by atomic mass is 10.1. The first-order chi connectivity index (χ1) is 12.8. The van der Waals surface area contributed by atoms with Gasteiger partial charge in [-0.1, -0.05) is 18.2 Å². The molecule has 5 nitrogen and oxygen atoms in total. The van der Waals surface area contributed by atoms with Crippen molar-refractivity contribution in [3.8, 4) is 11.5 Å². The number of carbonyl (C=O) groups is 1. The van der Waals surface area contributed by atoms with Crippen LogP contribution in [0.5, 0.6) is 11.5 Å². The zero-order valence-electron chi connectivity index (χ0n) is 14.4. The van der Waals surface area contributed by atoms with E-state index in [0.29, 0.717) is 13.0 Å². The quantitative estimate of drug-likeness (QED) is 0.691. The molecule has 2 aromatic carbocycles. The van der Waals surface area contributed by atoms with Crippen LogP contribution in [0.3, 0.4) is 0 Å². The highest BCUT2D eigenvalue weighted by Crippen LogP contribution is 2.32. The van der Waals surface area contributed by atoms with E-state index >= 15 is 0 Å². The van der Waals surface area contributed by atoms with E-state index in [0.717, 1.165) is 46.8 Å². The van der Waals surface area contributed by atoms with E-state index in [1.807, 2.05) is 36.4 Å². The maximum atomic E-state index is 12.0. The van der Waals surface area contributed by atoms with Gasteiger partial charge in [0, 0.05) is 13.0 Å². The molecule has 26 heavy (non-hydrogen) atoms. The number of carbonyl (C=O) groups excluding carboxylic acids is 1. The Balaban J connectivity index is 1.18. The molecule has 0 fully saturated rings. The molecule has 0 aliphatic carbocycles. The van der Waals surface area contributed by atoms with Crippen LogP contribution in [0.25, 0.3) is 10.2 Å². The van der Waals surface area contributed by atoms with Crippen LogP contribution in [0, 0.1) is 0 Å². The summed E-state index contributed by atoms with van der Waals surface area (Å²) in [6.45, 7) is 0.907. The number of fused-ring (bicyclic) bond motifs is 2. The van der Waals surface area contributed by atoms with E-state index < -0.39 is 0 Å². The number of ether oxygens (including phenoxy) is 2. The average Bonchev–Trinajstić information content (AvgIpc) is 3.27. The van der Waals surface area contributed by atoms with Crippen LogP contribution in [0.2, 0.25) is 0 Å².